The number of thiophene rings is 1. The van der Waals surface area contributed by atoms with Crippen molar-refractivity contribution >= 4 is 32.8 Å². The first-order valence-corrected chi connectivity index (χ1v) is 6.95. The second kappa shape index (κ2) is 4.18. The lowest BCUT2D eigenvalue weighted by Crippen LogP contribution is -2.03. The van der Waals surface area contributed by atoms with E-state index < -0.39 is 0 Å². The molecule has 2 aromatic heterocycles. The number of aromatic nitrogens is 2. The highest BCUT2D eigenvalue weighted by atomic mass is 32.1. The van der Waals surface area contributed by atoms with E-state index in [0.717, 1.165) is 14.9 Å². The second-order valence-electron chi connectivity index (χ2n) is 3.88. The summed E-state index contributed by atoms with van der Waals surface area (Å²) in [6, 6.07) is 10.4. The van der Waals surface area contributed by atoms with Crippen molar-refractivity contribution in [2.24, 2.45) is 5.73 Å². The molecule has 3 rings (SSSR count). The number of nitrogens with zero attached hydrogens (tertiary/aromatic N) is 2. The molecule has 0 amide bonds. The molecule has 17 heavy (non-hydrogen) atoms. The van der Waals surface area contributed by atoms with Crippen molar-refractivity contribution in [3.8, 4) is 9.88 Å². The average molecular weight is 261 g/mol. The van der Waals surface area contributed by atoms with E-state index in [4.69, 9.17) is 5.73 Å². The minimum atomic E-state index is -0.0457. The van der Waals surface area contributed by atoms with Crippen LogP contribution in [0.1, 0.15) is 18.0 Å². The molecule has 0 saturated carbocycles. The number of fused-ring (bicyclic) bond motifs is 1. The van der Waals surface area contributed by atoms with Crippen LogP contribution in [0, 0.1) is 0 Å². The molecule has 3 nitrogen and oxygen atoms in total. The summed E-state index contributed by atoms with van der Waals surface area (Å²) in [5.74, 6) is 0. The van der Waals surface area contributed by atoms with E-state index in [1.54, 1.807) is 22.7 Å². The van der Waals surface area contributed by atoms with E-state index in [2.05, 4.69) is 34.5 Å². The molecule has 0 radical (unpaired) electrons. The van der Waals surface area contributed by atoms with Crippen LogP contribution in [0.25, 0.3) is 20.0 Å². The number of hydrogen-bond donors (Lipinski definition) is 1. The number of nitrogens with two attached hydrogens (primary N) is 1. The number of benzene rings is 1. The Morgan fingerprint density at radius 1 is 1.18 bits per heavy atom. The SMILES string of the molecule is CC(N)c1nnc(-c2cc3ccccc3s2)s1. The summed E-state index contributed by atoms with van der Waals surface area (Å²) in [6.07, 6.45) is 0. The molecule has 0 spiro atoms. The van der Waals surface area contributed by atoms with Gasteiger partial charge in [-0.05, 0) is 24.4 Å². The van der Waals surface area contributed by atoms with Gasteiger partial charge in [0, 0.05) is 4.70 Å². The van der Waals surface area contributed by atoms with Crippen LogP contribution in [-0.2, 0) is 0 Å². The normalized spacial score (nSPS) is 13.1. The third-order valence-electron chi connectivity index (χ3n) is 2.47. The van der Waals surface area contributed by atoms with Crippen LogP contribution in [0.3, 0.4) is 0 Å². The van der Waals surface area contributed by atoms with E-state index >= 15 is 0 Å². The molecule has 2 N–H and O–H groups in total. The highest BCUT2D eigenvalue weighted by Crippen LogP contribution is 2.35. The average Bonchev–Trinajstić information content (AvgIpc) is 2.95. The number of hydrogen-bond acceptors (Lipinski definition) is 5. The van der Waals surface area contributed by atoms with Gasteiger partial charge in [0.2, 0.25) is 0 Å². The van der Waals surface area contributed by atoms with Crippen LogP contribution in [0.15, 0.2) is 30.3 Å². The summed E-state index contributed by atoms with van der Waals surface area (Å²) >= 11 is 3.32. The zero-order valence-corrected chi connectivity index (χ0v) is 10.9. The summed E-state index contributed by atoms with van der Waals surface area (Å²) in [5.41, 5.74) is 5.79. The fourth-order valence-corrected chi connectivity index (χ4v) is 3.50. The van der Waals surface area contributed by atoms with E-state index in [1.165, 1.54) is 10.1 Å². The van der Waals surface area contributed by atoms with Crippen molar-refractivity contribution in [3.05, 3.63) is 35.3 Å². The monoisotopic (exact) mass is 261 g/mol. The van der Waals surface area contributed by atoms with Gasteiger partial charge in [-0.2, -0.15) is 0 Å². The van der Waals surface area contributed by atoms with Crippen molar-refractivity contribution in [1.29, 1.82) is 0 Å². The third kappa shape index (κ3) is 1.97. The zero-order valence-electron chi connectivity index (χ0n) is 9.25. The van der Waals surface area contributed by atoms with Gasteiger partial charge < -0.3 is 5.73 Å². The maximum Gasteiger partial charge on any atom is 0.157 e. The van der Waals surface area contributed by atoms with Crippen LogP contribution in [0.5, 0.6) is 0 Å². The maximum atomic E-state index is 5.79. The minimum absolute atomic E-state index is 0.0457. The molecule has 86 valence electrons. The summed E-state index contributed by atoms with van der Waals surface area (Å²) in [5, 5.41) is 11.4. The van der Waals surface area contributed by atoms with Crippen molar-refractivity contribution in [2.45, 2.75) is 13.0 Å². The van der Waals surface area contributed by atoms with Crippen molar-refractivity contribution in [1.82, 2.24) is 10.2 Å². The molecular formula is C12H11N3S2. The first-order chi connectivity index (χ1) is 8.24. The van der Waals surface area contributed by atoms with Gasteiger partial charge in [0.05, 0.1) is 10.9 Å². The Morgan fingerprint density at radius 2 is 2.00 bits per heavy atom. The molecule has 0 aliphatic heterocycles. The Hall–Kier alpha value is -1.30. The maximum absolute atomic E-state index is 5.79. The van der Waals surface area contributed by atoms with Gasteiger partial charge >= 0.3 is 0 Å². The van der Waals surface area contributed by atoms with Gasteiger partial charge in [-0.25, -0.2) is 0 Å². The van der Waals surface area contributed by atoms with E-state index in [1.807, 2.05) is 13.0 Å². The lowest BCUT2D eigenvalue weighted by Gasteiger charge is -1.94. The Morgan fingerprint density at radius 3 is 2.71 bits per heavy atom. The Bertz CT molecular complexity index is 621. The van der Waals surface area contributed by atoms with Crippen molar-refractivity contribution in [2.75, 3.05) is 0 Å². The molecule has 1 atom stereocenters. The van der Waals surface area contributed by atoms with E-state index in [9.17, 15) is 0 Å². The highest BCUT2D eigenvalue weighted by molar-refractivity contribution is 7.25. The predicted octanol–water partition coefficient (Wildman–Crippen LogP) is 3.44. The Balaban J connectivity index is 2.07. The van der Waals surface area contributed by atoms with Crippen LogP contribution in [0.2, 0.25) is 0 Å². The van der Waals surface area contributed by atoms with Gasteiger partial charge in [-0.15, -0.1) is 21.5 Å². The molecule has 0 bridgehead atoms. The largest absolute Gasteiger partial charge is 0.322 e. The molecular weight excluding hydrogens is 250 g/mol. The van der Waals surface area contributed by atoms with Crippen molar-refractivity contribution < 1.29 is 0 Å². The quantitative estimate of drug-likeness (QED) is 0.768. The smallest absolute Gasteiger partial charge is 0.157 e. The lowest BCUT2D eigenvalue weighted by atomic mass is 10.2. The third-order valence-corrected chi connectivity index (χ3v) is 4.88. The van der Waals surface area contributed by atoms with Crippen LogP contribution in [0.4, 0.5) is 0 Å². The summed E-state index contributed by atoms with van der Waals surface area (Å²) in [7, 11) is 0. The fourth-order valence-electron chi connectivity index (χ4n) is 1.61. The zero-order chi connectivity index (χ0) is 11.8. The van der Waals surface area contributed by atoms with Crippen LogP contribution in [-0.4, -0.2) is 10.2 Å². The Kier molecular flexibility index (Phi) is 2.66. The second-order valence-corrected chi connectivity index (χ2v) is 5.98. The fraction of sp³-hybridized carbons (Fsp3) is 0.167. The van der Waals surface area contributed by atoms with Gasteiger partial charge in [0.1, 0.15) is 5.01 Å². The molecule has 3 aromatic rings. The topological polar surface area (TPSA) is 51.8 Å². The Labute approximate surface area is 107 Å². The molecule has 0 saturated heterocycles. The van der Waals surface area contributed by atoms with Gasteiger partial charge in [0.25, 0.3) is 0 Å². The molecule has 0 aliphatic carbocycles. The summed E-state index contributed by atoms with van der Waals surface area (Å²) in [4.78, 5) is 1.16. The highest BCUT2D eigenvalue weighted by Gasteiger charge is 2.11. The number of rotatable bonds is 2. The molecule has 0 aliphatic rings. The van der Waals surface area contributed by atoms with E-state index in [0.29, 0.717) is 0 Å². The first kappa shape index (κ1) is 10.8. The van der Waals surface area contributed by atoms with Crippen LogP contribution < -0.4 is 5.73 Å². The molecule has 1 aromatic carbocycles. The predicted molar refractivity (Wildman–Crippen MR) is 73.3 cm³/mol. The molecule has 5 heteroatoms. The van der Waals surface area contributed by atoms with Gasteiger partial charge in [-0.1, -0.05) is 29.5 Å². The minimum Gasteiger partial charge on any atom is -0.322 e. The van der Waals surface area contributed by atoms with Gasteiger partial charge in [0.15, 0.2) is 5.01 Å². The first-order valence-electron chi connectivity index (χ1n) is 5.32. The standard InChI is InChI=1S/C12H11N3S2/c1-7(13)11-14-15-12(17-11)10-6-8-4-2-3-5-9(8)16-10/h2-7H,13H2,1H3. The van der Waals surface area contributed by atoms with E-state index in [-0.39, 0.29) is 6.04 Å². The van der Waals surface area contributed by atoms with Crippen LogP contribution >= 0.6 is 22.7 Å². The molecule has 2 heterocycles. The lowest BCUT2D eigenvalue weighted by molar-refractivity contribution is 0.786. The van der Waals surface area contributed by atoms with Gasteiger partial charge in [-0.3, -0.25) is 0 Å². The van der Waals surface area contributed by atoms with Crippen molar-refractivity contribution in [3.63, 3.8) is 0 Å². The summed E-state index contributed by atoms with van der Waals surface area (Å²) in [6.45, 7) is 1.93. The molecule has 1 unspecified atom stereocenters. The summed E-state index contributed by atoms with van der Waals surface area (Å²) < 4.78 is 1.28. The molecule has 0 fully saturated rings.